The summed E-state index contributed by atoms with van der Waals surface area (Å²) in [6.07, 6.45) is 0. The zero-order valence-electron chi connectivity index (χ0n) is 6.08. The minimum absolute atomic E-state index is 0. The van der Waals surface area contributed by atoms with Crippen LogP contribution in [0.15, 0.2) is 0 Å². The Balaban J connectivity index is -0.000000500. The van der Waals surface area contributed by atoms with E-state index in [-0.39, 0.29) is 11.0 Å². The van der Waals surface area contributed by atoms with Gasteiger partial charge in [0.1, 0.15) is 0 Å². The molecule has 0 aromatic carbocycles. The normalized spacial score (nSPS) is 11.2. The van der Waals surface area contributed by atoms with E-state index < -0.39 is 34.0 Å². The van der Waals surface area contributed by atoms with E-state index in [1.807, 2.05) is 0 Å². The van der Waals surface area contributed by atoms with E-state index >= 15 is 0 Å². The molecule has 0 aromatic rings. The van der Waals surface area contributed by atoms with E-state index in [0.717, 1.165) is 0 Å². The van der Waals surface area contributed by atoms with Gasteiger partial charge in [0.05, 0.1) is 0 Å². The highest BCUT2D eigenvalue weighted by molar-refractivity contribution is 6.60. The zero-order valence-corrected chi connectivity index (χ0v) is 9.23. The summed E-state index contributed by atoms with van der Waals surface area (Å²) in [6, 6.07) is 0. The molecule has 0 bridgehead atoms. The van der Waals surface area contributed by atoms with Crippen LogP contribution in [-0.2, 0) is 6.96 Å². The van der Waals surface area contributed by atoms with Crippen LogP contribution in [-0.4, -0.2) is 73.7 Å². The first-order valence-corrected chi connectivity index (χ1v) is 6.66. The van der Waals surface area contributed by atoms with Gasteiger partial charge in [0, 0.05) is 0 Å². The third-order valence-corrected chi connectivity index (χ3v) is 3.71. The highest BCUT2D eigenvalue weighted by Crippen LogP contribution is 1.91. The number of hydrogen-bond acceptors (Lipinski definition) is 8. The molecule has 0 saturated heterocycles. The molecule has 0 unspecified atom stereocenters. The van der Waals surface area contributed by atoms with Crippen LogP contribution in [0.25, 0.3) is 0 Å². The summed E-state index contributed by atoms with van der Waals surface area (Å²) in [4.78, 5) is 48.9. The highest BCUT2D eigenvalue weighted by atomic mass is 28.4. The van der Waals surface area contributed by atoms with E-state index in [1.165, 1.54) is 0 Å². The van der Waals surface area contributed by atoms with E-state index in [4.69, 9.17) is 28.8 Å². The summed E-state index contributed by atoms with van der Waals surface area (Å²) in [5.41, 5.74) is 0. The Bertz CT molecular complexity index is 97.1. The summed E-state index contributed by atoms with van der Waals surface area (Å²) < 4.78 is 7.65. The van der Waals surface area contributed by atoms with Crippen LogP contribution in [0.4, 0.5) is 0 Å². The van der Waals surface area contributed by atoms with Crippen LogP contribution >= 0.6 is 0 Å². The van der Waals surface area contributed by atoms with Crippen molar-refractivity contribution in [3.63, 3.8) is 0 Å². The lowest BCUT2D eigenvalue weighted by molar-refractivity contribution is 0.0965. The van der Waals surface area contributed by atoms with Gasteiger partial charge in [-0.3, -0.25) is 0 Å². The lowest BCUT2D eigenvalue weighted by atomic mass is 15.6. The van der Waals surface area contributed by atoms with Crippen molar-refractivity contribution in [3.05, 3.63) is 0 Å². The van der Waals surface area contributed by atoms with Crippen molar-refractivity contribution in [2.75, 3.05) is 0 Å². The fraction of sp³-hybridized carbons (Fsp3) is 0. The van der Waals surface area contributed by atoms with Crippen molar-refractivity contribution in [2.24, 2.45) is 0 Å². The second-order valence-corrected chi connectivity index (χ2v) is 5.85. The fourth-order valence-electron chi connectivity index (χ4n) is 0.153. The molecule has 0 atom stereocenters. The average molecular weight is 253 g/mol. The molecule has 0 amide bonds. The van der Waals surface area contributed by atoms with Crippen LogP contribution < -0.4 is 0 Å². The van der Waals surface area contributed by atoms with Crippen LogP contribution in [0, 0.1) is 0 Å². The predicted molar refractivity (Wildman–Crippen MR) is 40.0 cm³/mol. The van der Waals surface area contributed by atoms with Crippen molar-refractivity contribution in [2.45, 2.75) is 0 Å². The average Bonchev–Trinajstić information content (AvgIpc) is 1.55. The van der Waals surface area contributed by atoms with Crippen molar-refractivity contribution in [1.82, 2.24) is 0 Å². The van der Waals surface area contributed by atoms with Gasteiger partial charge in [0.15, 0.2) is 0 Å². The zero-order chi connectivity index (χ0) is 9.12. The molecule has 0 aliphatic rings. The molecule has 0 aliphatic heterocycles. The van der Waals surface area contributed by atoms with Crippen LogP contribution in [0.2, 0.25) is 0 Å². The largest absolute Gasteiger partial charge is 0.654 e. The lowest BCUT2D eigenvalue weighted by Crippen LogP contribution is -2.46. The molecule has 0 heterocycles. The molecule has 10 N–H and O–H groups in total. The number of rotatable bonds is 4. The Morgan fingerprint density at radius 3 is 1.08 bits per heavy atom. The first-order chi connectivity index (χ1) is 4.71. The second kappa shape index (κ2) is 6.94. The smallest absolute Gasteiger partial charge is 0.464 e. The van der Waals surface area contributed by atoms with Crippen molar-refractivity contribution < 1.29 is 46.7 Å². The topological polar surface area (TPSA) is 203 Å². The van der Waals surface area contributed by atoms with E-state index in [2.05, 4.69) is 6.96 Å². The Morgan fingerprint density at radius 2 is 0.923 bits per heavy atom. The highest BCUT2D eigenvalue weighted by Gasteiger charge is 2.36. The lowest BCUT2D eigenvalue weighted by Gasteiger charge is -2.12. The molecular weight excluding hydrogens is 243 g/mol. The van der Waals surface area contributed by atoms with E-state index in [9.17, 15) is 0 Å². The van der Waals surface area contributed by atoms with Gasteiger partial charge in [-0.05, 0) is 0 Å². The molecule has 0 aromatic heterocycles. The van der Waals surface area contributed by atoms with Gasteiger partial charge in [-0.25, -0.2) is 0 Å². The fourth-order valence-corrected chi connectivity index (χ4v) is 1.81. The molecule has 0 aliphatic carbocycles. The standard InChI is InChI=1S/Al.2H3O4Si.2H2O/c;2*1-5(2,3)4;;/h;2*1-3H;2*1H2/q+2;2*-1;;. The maximum Gasteiger partial charge on any atom is 0.654 e. The third kappa shape index (κ3) is 19.1. The first-order valence-electron chi connectivity index (χ1n) is 2.22. The van der Waals surface area contributed by atoms with Gasteiger partial charge >= 0.3 is 34.0 Å². The minimum Gasteiger partial charge on any atom is -0.464 e. The van der Waals surface area contributed by atoms with Gasteiger partial charge < -0.3 is 46.7 Å². The Morgan fingerprint density at radius 1 is 0.692 bits per heavy atom. The molecule has 0 fully saturated rings. The van der Waals surface area contributed by atoms with E-state index in [1.54, 1.807) is 0 Å². The van der Waals surface area contributed by atoms with Gasteiger partial charge in [-0.2, -0.15) is 0 Å². The summed E-state index contributed by atoms with van der Waals surface area (Å²) >= 11 is -1.71. The summed E-state index contributed by atoms with van der Waals surface area (Å²) in [5.74, 6) is 0. The number of hydrogen-bond donors (Lipinski definition) is 6. The molecular formula is H10AlO10Si2. The van der Waals surface area contributed by atoms with Gasteiger partial charge in [-0.1, -0.05) is 0 Å². The monoisotopic (exact) mass is 253 g/mol. The molecule has 10 nitrogen and oxygen atoms in total. The molecule has 1 radical (unpaired) electrons. The predicted octanol–water partition coefficient (Wildman–Crippen LogP) is -6.27. The Kier molecular flexibility index (Phi) is 10.2. The molecule has 0 saturated carbocycles. The SMILES string of the molecule is O.O.O[Si](O)(O)[O][Al][O][Si](O)(O)O. The van der Waals surface area contributed by atoms with E-state index in [0.29, 0.717) is 0 Å². The second-order valence-electron chi connectivity index (χ2n) is 1.48. The maximum absolute atomic E-state index is 8.15. The van der Waals surface area contributed by atoms with Gasteiger partial charge in [0.25, 0.3) is 0 Å². The van der Waals surface area contributed by atoms with Gasteiger partial charge in [0.2, 0.25) is 0 Å². The summed E-state index contributed by atoms with van der Waals surface area (Å²) in [6.45, 7) is 0. The minimum atomic E-state index is -4.66. The molecule has 0 spiro atoms. The quantitative estimate of drug-likeness (QED) is 0.265. The van der Waals surface area contributed by atoms with Crippen molar-refractivity contribution >= 4 is 34.0 Å². The van der Waals surface area contributed by atoms with Crippen LogP contribution in [0.3, 0.4) is 0 Å². The molecule has 0 rings (SSSR count). The third-order valence-electron chi connectivity index (χ3n) is 0.412. The molecule has 81 valence electrons. The molecule has 13 heteroatoms. The maximum atomic E-state index is 8.15. The van der Waals surface area contributed by atoms with Crippen molar-refractivity contribution in [3.8, 4) is 0 Å². The van der Waals surface area contributed by atoms with Crippen LogP contribution in [0.5, 0.6) is 0 Å². The van der Waals surface area contributed by atoms with Gasteiger partial charge in [-0.15, -0.1) is 0 Å². The Hall–Kier alpha value is 0.566. The van der Waals surface area contributed by atoms with Crippen molar-refractivity contribution in [1.29, 1.82) is 0 Å². The molecule has 13 heavy (non-hydrogen) atoms. The summed E-state index contributed by atoms with van der Waals surface area (Å²) in [5, 5.41) is 0. The summed E-state index contributed by atoms with van der Waals surface area (Å²) in [7, 11) is -9.31. The van der Waals surface area contributed by atoms with Crippen LogP contribution in [0.1, 0.15) is 0 Å². The Labute approximate surface area is 81.2 Å². The first kappa shape index (κ1) is 19.2.